The number of oxime groups is 1. The Morgan fingerprint density at radius 2 is 1.89 bits per heavy atom. The van der Waals surface area contributed by atoms with E-state index in [0.29, 0.717) is 0 Å². The number of carboxylic acids is 1. The van der Waals surface area contributed by atoms with Crippen LogP contribution in [0.3, 0.4) is 0 Å². The van der Waals surface area contributed by atoms with Crippen LogP contribution in [0.25, 0.3) is 0 Å². The third-order valence-corrected chi connectivity index (χ3v) is 2.68. The van der Waals surface area contributed by atoms with Crippen LogP contribution >= 0.6 is 0 Å². The molecular weight excluding hydrogens is 378 g/mol. The topological polar surface area (TPSA) is 236 Å². The molecule has 0 bridgehead atoms. The first-order chi connectivity index (χ1) is 12.5. The summed E-state index contributed by atoms with van der Waals surface area (Å²) in [7, 11) is 0. The van der Waals surface area contributed by atoms with Gasteiger partial charge in [-0.3, -0.25) is 9.59 Å². The Balaban J connectivity index is 4.45. The second-order valence-corrected chi connectivity index (χ2v) is 4.80. The van der Waals surface area contributed by atoms with Crippen molar-refractivity contribution < 1.29 is 44.2 Å². The zero-order valence-corrected chi connectivity index (χ0v) is 13.9. The van der Waals surface area contributed by atoms with Gasteiger partial charge in [0.15, 0.2) is 0 Å². The van der Waals surface area contributed by atoms with Gasteiger partial charge in [0.1, 0.15) is 24.5 Å². The Kier molecular flexibility index (Phi) is 10.3. The average Bonchev–Trinajstić information content (AvgIpc) is 2.58. The number of carbonyl (C=O) groups is 3. The lowest BCUT2D eigenvalue weighted by Crippen LogP contribution is -2.40. The molecule has 0 unspecified atom stereocenters. The highest BCUT2D eigenvalue weighted by Crippen LogP contribution is 1.98. The third-order valence-electron chi connectivity index (χ3n) is 2.68. The molecule has 0 aliphatic carbocycles. The van der Waals surface area contributed by atoms with Crippen molar-refractivity contribution in [2.24, 2.45) is 10.9 Å². The number of carboxylic acid groups (broad SMARTS) is 1. The van der Waals surface area contributed by atoms with Crippen molar-refractivity contribution in [1.82, 2.24) is 5.32 Å². The summed E-state index contributed by atoms with van der Waals surface area (Å²) in [5.41, 5.74) is 4.83. The van der Waals surface area contributed by atoms with Crippen molar-refractivity contribution in [2.45, 2.75) is 31.9 Å². The van der Waals surface area contributed by atoms with E-state index in [-0.39, 0.29) is 18.6 Å². The summed E-state index contributed by atoms with van der Waals surface area (Å²) >= 11 is 0. The molecule has 1 amide bonds. The van der Waals surface area contributed by atoms with Crippen molar-refractivity contribution in [2.75, 3.05) is 13.2 Å². The van der Waals surface area contributed by atoms with Gasteiger partial charge in [0.05, 0.1) is 6.42 Å². The van der Waals surface area contributed by atoms with E-state index in [4.69, 9.17) is 10.8 Å². The standard InChI is InChI=1S/C11H17N5O11/c1-6(14-26-9(17)3-2-8(12)11(19)20)10(18)13-4-7(27-16(23)24)5-25-15(21)22/h7-8H,2-5,12H2,1H3,(H,13,18)(H,19,20)/b14-6+/t7-,8-/m0/s1. The molecule has 27 heavy (non-hydrogen) atoms. The number of nitrogens with two attached hydrogens (primary N) is 1. The molecule has 0 aliphatic heterocycles. The molecular formula is C11H17N5O11. The molecule has 16 heteroatoms. The number of amides is 1. The maximum Gasteiger partial charge on any atom is 0.335 e. The minimum atomic E-state index is -1.47. The number of hydrogen-bond donors (Lipinski definition) is 3. The number of rotatable bonds is 13. The average molecular weight is 395 g/mol. The molecule has 4 N–H and O–H groups in total. The maximum absolute atomic E-state index is 11.7. The monoisotopic (exact) mass is 395 g/mol. The van der Waals surface area contributed by atoms with Crippen LogP contribution in [0.2, 0.25) is 0 Å². The fourth-order valence-electron chi connectivity index (χ4n) is 1.33. The largest absolute Gasteiger partial charge is 0.480 e. The van der Waals surface area contributed by atoms with E-state index in [1.165, 1.54) is 0 Å². The maximum atomic E-state index is 11.7. The molecule has 0 heterocycles. The molecule has 0 aromatic rings. The first-order valence-electron chi connectivity index (χ1n) is 7.12. The lowest BCUT2D eigenvalue weighted by Gasteiger charge is -2.14. The smallest absolute Gasteiger partial charge is 0.335 e. The van der Waals surface area contributed by atoms with Gasteiger partial charge in [0.25, 0.3) is 16.1 Å². The highest BCUT2D eigenvalue weighted by molar-refractivity contribution is 6.37. The summed E-state index contributed by atoms with van der Waals surface area (Å²) in [5, 5.41) is 31.8. The van der Waals surface area contributed by atoms with Crippen molar-refractivity contribution in [3.05, 3.63) is 20.2 Å². The molecule has 16 nitrogen and oxygen atoms in total. The molecule has 0 saturated heterocycles. The van der Waals surface area contributed by atoms with E-state index in [1.54, 1.807) is 0 Å². The molecule has 0 aromatic heterocycles. The Labute approximate surface area is 150 Å². The van der Waals surface area contributed by atoms with Crippen LogP contribution in [0.4, 0.5) is 0 Å². The summed E-state index contributed by atoms with van der Waals surface area (Å²) in [5.74, 6) is -3.15. The molecule has 0 aromatic carbocycles. The quantitative estimate of drug-likeness (QED) is 0.133. The van der Waals surface area contributed by atoms with E-state index in [2.05, 4.69) is 25.0 Å². The Hall–Kier alpha value is -3.56. The second kappa shape index (κ2) is 11.9. The van der Waals surface area contributed by atoms with E-state index < -0.39 is 53.3 Å². The summed E-state index contributed by atoms with van der Waals surface area (Å²) in [6, 6.07) is -1.26. The van der Waals surface area contributed by atoms with Crippen LogP contribution < -0.4 is 11.1 Å². The van der Waals surface area contributed by atoms with Crippen molar-refractivity contribution in [1.29, 1.82) is 0 Å². The van der Waals surface area contributed by atoms with Crippen LogP contribution in [0.15, 0.2) is 5.16 Å². The molecule has 0 saturated carbocycles. The fraction of sp³-hybridized carbons (Fsp3) is 0.636. The predicted octanol–water partition coefficient (Wildman–Crippen LogP) is -2.00. The Morgan fingerprint density at radius 1 is 1.26 bits per heavy atom. The van der Waals surface area contributed by atoms with Gasteiger partial charge in [-0.25, -0.2) is 4.79 Å². The number of nitrogens with zero attached hydrogens (tertiary/aromatic N) is 3. The number of hydrogen-bond acceptors (Lipinski definition) is 12. The highest BCUT2D eigenvalue weighted by Gasteiger charge is 2.18. The van der Waals surface area contributed by atoms with E-state index in [1.807, 2.05) is 0 Å². The lowest BCUT2D eigenvalue weighted by molar-refractivity contribution is -0.789. The molecule has 0 aliphatic rings. The number of nitrogens with one attached hydrogen (secondary N) is 1. The zero-order chi connectivity index (χ0) is 21.0. The fourth-order valence-corrected chi connectivity index (χ4v) is 1.33. The van der Waals surface area contributed by atoms with Gasteiger partial charge < -0.3 is 30.7 Å². The van der Waals surface area contributed by atoms with Crippen LogP contribution in [0.5, 0.6) is 0 Å². The first-order valence-corrected chi connectivity index (χ1v) is 7.12. The number of carbonyl (C=O) groups excluding carboxylic acids is 2. The van der Waals surface area contributed by atoms with Crippen molar-refractivity contribution >= 4 is 23.6 Å². The third kappa shape index (κ3) is 11.6. The SMILES string of the molecule is C/C(=N\OC(=O)CC[C@H](N)C(=O)O)C(=O)NC[C@@H](CO[N+](=O)[O-])O[N+](=O)[O-]. The van der Waals surface area contributed by atoms with E-state index >= 15 is 0 Å². The van der Waals surface area contributed by atoms with Crippen LogP contribution in [-0.2, 0) is 28.9 Å². The zero-order valence-electron chi connectivity index (χ0n) is 13.9. The number of aliphatic carboxylic acids is 1. The van der Waals surface area contributed by atoms with Crippen molar-refractivity contribution in [3.63, 3.8) is 0 Å². The Morgan fingerprint density at radius 3 is 2.41 bits per heavy atom. The molecule has 152 valence electrons. The minimum Gasteiger partial charge on any atom is -0.480 e. The Bertz CT molecular complexity index is 608. The van der Waals surface area contributed by atoms with Gasteiger partial charge in [-0.2, -0.15) is 0 Å². The van der Waals surface area contributed by atoms with Gasteiger partial charge in [-0.05, 0) is 13.3 Å². The van der Waals surface area contributed by atoms with E-state index in [0.717, 1.165) is 6.92 Å². The summed E-state index contributed by atoms with van der Waals surface area (Å²) in [6.07, 6.45) is -2.03. The van der Waals surface area contributed by atoms with Gasteiger partial charge in [-0.15, -0.1) is 20.2 Å². The normalized spacial score (nSPS) is 13.0. The van der Waals surface area contributed by atoms with E-state index in [9.17, 15) is 34.6 Å². The van der Waals surface area contributed by atoms with Gasteiger partial charge >= 0.3 is 11.9 Å². The summed E-state index contributed by atoms with van der Waals surface area (Å²) in [4.78, 5) is 66.3. The highest BCUT2D eigenvalue weighted by atomic mass is 17.0. The molecule has 0 fully saturated rings. The second-order valence-electron chi connectivity index (χ2n) is 4.80. The first kappa shape index (κ1) is 23.4. The van der Waals surface area contributed by atoms with Crippen molar-refractivity contribution in [3.8, 4) is 0 Å². The molecule has 2 atom stereocenters. The van der Waals surface area contributed by atoms with Crippen LogP contribution in [0, 0.1) is 20.2 Å². The van der Waals surface area contributed by atoms with Gasteiger partial charge in [0.2, 0.25) is 0 Å². The molecule has 0 rings (SSSR count). The lowest BCUT2D eigenvalue weighted by atomic mass is 10.2. The van der Waals surface area contributed by atoms with Crippen LogP contribution in [0.1, 0.15) is 19.8 Å². The predicted molar refractivity (Wildman–Crippen MR) is 81.9 cm³/mol. The minimum absolute atomic E-state index is 0.203. The van der Waals surface area contributed by atoms with Gasteiger partial charge in [-0.1, -0.05) is 5.16 Å². The molecule has 0 radical (unpaired) electrons. The molecule has 0 spiro atoms. The van der Waals surface area contributed by atoms with Crippen LogP contribution in [-0.4, -0.2) is 64.1 Å². The summed E-state index contributed by atoms with van der Waals surface area (Å²) in [6.45, 7) is -0.215. The summed E-state index contributed by atoms with van der Waals surface area (Å²) < 4.78 is 0. The van der Waals surface area contributed by atoms with Gasteiger partial charge in [0, 0.05) is 6.54 Å².